The number of hydrogen-bond donors (Lipinski definition) is 2. The fourth-order valence-corrected chi connectivity index (χ4v) is 1.39. The molecule has 0 saturated carbocycles. The molecule has 0 aliphatic heterocycles. The standard InChI is InChI=1S/C9H12BrF3N4/c1-2-14-8-16-5-6(10)7(17-8)15-4-3-9(11,12)13/h5H,2-4H2,1H3,(H2,14,15,16,17). The van der Waals surface area contributed by atoms with Gasteiger partial charge in [-0.05, 0) is 22.9 Å². The molecule has 0 atom stereocenters. The second kappa shape index (κ2) is 6.04. The summed E-state index contributed by atoms with van der Waals surface area (Å²) in [5, 5.41) is 5.49. The van der Waals surface area contributed by atoms with Crippen molar-refractivity contribution in [1.82, 2.24) is 9.97 Å². The van der Waals surface area contributed by atoms with E-state index in [1.807, 2.05) is 6.92 Å². The highest BCUT2D eigenvalue weighted by Gasteiger charge is 2.26. The zero-order valence-electron chi connectivity index (χ0n) is 9.10. The molecular formula is C9H12BrF3N4. The van der Waals surface area contributed by atoms with Crippen LogP contribution in [0.5, 0.6) is 0 Å². The number of halogens is 4. The van der Waals surface area contributed by atoms with Crippen molar-refractivity contribution < 1.29 is 13.2 Å². The Hall–Kier alpha value is -1.05. The molecule has 0 aromatic carbocycles. The normalized spacial score (nSPS) is 11.4. The van der Waals surface area contributed by atoms with Gasteiger partial charge in [-0.2, -0.15) is 18.2 Å². The first-order chi connectivity index (χ1) is 7.92. The lowest BCUT2D eigenvalue weighted by molar-refractivity contribution is -0.131. The predicted molar refractivity (Wildman–Crippen MR) is 63.1 cm³/mol. The first-order valence-electron chi connectivity index (χ1n) is 4.99. The second-order valence-electron chi connectivity index (χ2n) is 3.21. The Morgan fingerprint density at radius 1 is 1.35 bits per heavy atom. The third-order valence-electron chi connectivity index (χ3n) is 1.78. The number of alkyl halides is 3. The first-order valence-corrected chi connectivity index (χ1v) is 5.78. The highest BCUT2D eigenvalue weighted by molar-refractivity contribution is 9.10. The van der Waals surface area contributed by atoms with Crippen LogP contribution in [-0.4, -0.2) is 29.2 Å². The third kappa shape index (κ3) is 5.20. The van der Waals surface area contributed by atoms with E-state index in [-0.39, 0.29) is 6.54 Å². The van der Waals surface area contributed by atoms with E-state index >= 15 is 0 Å². The maximum absolute atomic E-state index is 12.0. The number of aromatic nitrogens is 2. The minimum absolute atomic E-state index is 0.218. The molecule has 96 valence electrons. The molecule has 0 radical (unpaired) electrons. The lowest BCUT2D eigenvalue weighted by atomic mass is 10.4. The van der Waals surface area contributed by atoms with Crippen LogP contribution in [0.3, 0.4) is 0 Å². The predicted octanol–water partition coefficient (Wildman–Crippen LogP) is 3.04. The summed E-state index contributed by atoms with van der Waals surface area (Å²) in [7, 11) is 0. The van der Waals surface area contributed by atoms with E-state index in [1.165, 1.54) is 6.20 Å². The summed E-state index contributed by atoms with van der Waals surface area (Å²) in [6, 6.07) is 0. The Morgan fingerprint density at radius 2 is 2.06 bits per heavy atom. The average Bonchev–Trinajstić information content (AvgIpc) is 2.21. The van der Waals surface area contributed by atoms with E-state index in [0.717, 1.165) is 0 Å². The van der Waals surface area contributed by atoms with Gasteiger partial charge in [0, 0.05) is 19.3 Å². The monoisotopic (exact) mass is 312 g/mol. The van der Waals surface area contributed by atoms with Gasteiger partial charge in [0.1, 0.15) is 5.82 Å². The van der Waals surface area contributed by atoms with Crippen molar-refractivity contribution in [3.8, 4) is 0 Å². The van der Waals surface area contributed by atoms with Gasteiger partial charge in [-0.1, -0.05) is 0 Å². The van der Waals surface area contributed by atoms with Crippen LogP contribution in [-0.2, 0) is 0 Å². The van der Waals surface area contributed by atoms with Crippen molar-refractivity contribution >= 4 is 27.7 Å². The Kier molecular flexibility index (Phi) is 4.98. The van der Waals surface area contributed by atoms with Crippen molar-refractivity contribution in [3.05, 3.63) is 10.7 Å². The van der Waals surface area contributed by atoms with Gasteiger partial charge < -0.3 is 10.6 Å². The summed E-state index contributed by atoms with van der Waals surface area (Å²) in [5.74, 6) is 0.727. The molecule has 0 aliphatic rings. The van der Waals surface area contributed by atoms with E-state index in [9.17, 15) is 13.2 Å². The molecule has 17 heavy (non-hydrogen) atoms. The minimum Gasteiger partial charge on any atom is -0.369 e. The van der Waals surface area contributed by atoms with Crippen LogP contribution >= 0.6 is 15.9 Å². The summed E-state index contributed by atoms with van der Waals surface area (Å²) < 4.78 is 36.4. The molecule has 1 aromatic rings. The molecule has 2 N–H and O–H groups in total. The smallest absolute Gasteiger partial charge is 0.369 e. The van der Waals surface area contributed by atoms with Gasteiger partial charge in [0.15, 0.2) is 0 Å². The lowest BCUT2D eigenvalue weighted by Crippen LogP contribution is -2.16. The number of hydrogen-bond acceptors (Lipinski definition) is 4. The molecular weight excluding hydrogens is 301 g/mol. The molecule has 1 aromatic heterocycles. The van der Waals surface area contributed by atoms with Gasteiger partial charge in [0.2, 0.25) is 5.95 Å². The molecule has 0 saturated heterocycles. The highest BCUT2D eigenvalue weighted by atomic mass is 79.9. The van der Waals surface area contributed by atoms with Crippen LogP contribution in [0.4, 0.5) is 24.9 Å². The molecule has 0 unspecified atom stereocenters. The maximum Gasteiger partial charge on any atom is 0.390 e. The summed E-state index contributed by atoms with van der Waals surface area (Å²) >= 11 is 3.17. The maximum atomic E-state index is 12.0. The first kappa shape index (κ1) is 14.0. The van der Waals surface area contributed by atoms with Gasteiger partial charge >= 0.3 is 6.18 Å². The van der Waals surface area contributed by atoms with E-state index in [4.69, 9.17) is 0 Å². The van der Waals surface area contributed by atoms with Crippen molar-refractivity contribution in [2.24, 2.45) is 0 Å². The van der Waals surface area contributed by atoms with Crippen LogP contribution in [0.25, 0.3) is 0 Å². The zero-order chi connectivity index (χ0) is 12.9. The van der Waals surface area contributed by atoms with E-state index < -0.39 is 12.6 Å². The summed E-state index contributed by atoms with van der Waals surface area (Å²) in [6.07, 6.45) is -3.59. The Bertz CT molecular complexity index is 370. The molecule has 0 amide bonds. The quantitative estimate of drug-likeness (QED) is 0.877. The summed E-state index contributed by atoms with van der Waals surface area (Å²) in [6.45, 7) is 2.30. The molecule has 0 aliphatic carbocycles. The lowest BCUT2D eigenvalue weighted by Gasteiger charge is -2.10. The minimum atomic E-state index is -4.17. The van der Waals surface area contributed by atoms with Crippen molar-refractivity contribution in [2.45, 2.75) is 19.5 Å². The number of rotatable bonds is 5. The fraction of sp³-hybridized carbons (Fsp3) is 0.556. The highest BCUT2D eigenvalue weighted by Crippen LogP contribution is 2.22. The molecule has 0 fully saturated rings. The van der Waals surface area contributed by atoms with Crippen molar-refractivity contribution in [2.75, 3.05) is 23.7 Å². The largest absolute Gasteiger partial charge is 0.390 e. The molecule has 1 heterocycles. The van der Waals surface area contributed by atoms with E-state index in [1.54, 1.807) is 0 Å². The number of anilines is 2. The van der Waals surface area contributed by atoms with Gasteiger partial charge in [-0.3, -0.25) is 0 Å². The Labute approximate surface area is 105 Å². The molecule has 4 nitrogen and oxygen atoms in total. The van der Waals surface area contributed by atoms with Crippen LogP contribution < -0.4 is 10.6 Å². The molecule has 0 bridgehead atoms. The third-order valence-corrected chi connectivity index (χ3v) is 2.36. The van der Waals surface area contributed by atoms with Gasteiger partial charge in [-0.25, -0.2) is 4.98 Å². The molecule has 0 spiro atoms. The average molecular weight is 313 g/mol. The molecule has 1 rings (SSSR count). The number of nitrogens with one attached hydrogen (secondary N) is 2. The second-order valence-corrected chi connectivity index (χ2v) is 4.07. The zero-order valence-corrected chi connectivity index (χ0v) is 10.7. The summed E-state index contributed by atoms with van der Waals surface area (Å²) in [5.41, 5.74) is 0. The SMILES string of the molecule is CCNc1ncc(Br)c(NCCC(F)(F)F)n1. The fourth-order valence-electron chi connectivity index (χ4n) is 1.06. The van der Waals surface area contributed by atoms with Crippen molar-refractivity contribution in [3.63, 3.8) is 0 Å². The van der Waals surface area contributed by atoms with Crippen LogP contribution in [0.2, 0.25) is 0 Å². The Balaban J connectivity index is 2.60. The topological polar surface area (TPSA) is 49.8 Å². The van der Waals surface area contributed by atoms with E-state index in [0.29, 0.717) is 22.8 Å². The molecule has 8 heteroatoms. The van der Waals surface area contributed by atoms with E-state index in [2.05, 4.69) is 36.5 Å². The summed E-state index contributed by atoms with van der Waals surface area (Å²) in [4.78, 5) is 7.99. The Morgan fingerprint density at radius 3 is 2.65 bits per heavy atom. The van der Waals surface area contributed by atoms with Crippen LogP contribution in [0.15, 0.2) is 10.7 Å². The van der Waals surface area contributed by atoms with Crippen molar-refractivity contribution in [1.29, 1.82) is 0 Å². The van der Waals surface area contributed by atoms with Gasteiger partial charge in [0.25, 0.3) is 0 Å². The van der Waals surface area contributed by atoms with Gasteiger partial charge in [-0.15, -0.1) is 0 Å². The number of nitrogens with zero attached hydrogens (tertiary/aromatic N) is 2. The van der Waals surface area contributed by atoms with Crippen LogP contribution in [0, 0.1) is 0 Å². The van der Waals surface area contributed by atoms with Crippen LogP contribution in [0.1, 0.15) is 13.3 Å². The van der Waals surface area contributed by atoms with Gasteiger partial charge in [0.05, 0.1) is 10.9 Å².